The molecule has 0 radical (unpaired) electrons. The van der Waals surface area contributed by atoms with Gasteiger partial charge in [-0.2, -0.15) is 0 Å². The predicted octanol–water partition coefficient (Wildman–Crippen LogP) is 2.94. The molecule has 2 aliphatic rings. The molecule has 0 spiro atoms. The summed E-state index contributed by atoms with van der Waals surface area (Å²) in [6, 6.07) is 12.0. The van der Waals surface area contributed by atoms with Crippen molar-refractivity contribution in [3.05, 3.63) is 53.1 Å². The molecule has 2 unspecified atom stereocenters. The van der Waals surface area contributed by atoms with E-state index in [1.165, 1.54) is 6.92 Å². The zero-order valence-electron chi connectivity index (χ0n) is 25.2. The Balaban J connectivity index is 1.58. The topological polar surface area (TPSA) is 153 Å². The number of hydrogen-bond donors (Lipinski definition) is 0. The zero-order chi connectivity index (χ0) is 32.7. The van der Waals surface area contributed by atoms with Gasteiger partial charge in [0.2, 0.25) is 12.4 Å². The van der Waals surface area contributed by atoms with Gasteiger partial charge in [0.05, 0.1) is 18.2 Å². The van der Waals surface area contributed by atoms with Gasteiger partial charge in [-0.1, -0.05) is 29.8 Å². The van der Waals surface area contributed by atoms with E-state index in [9.17, 15) is 24.0 Å². The summed E-state index contributed by atoms with van der Waals surface area (Å²) in [4.78, 5) is 62.2. The van der Waals surface area contributed by atoms with Crippen LogP contribution in [-0.4, -0.2) is 98.3 Å². The summed E-state index contributed by atoms with van der Waals surface area (Å²) >= 11 is 6.61. The van der Waals surface area contributed by atoms with Crippen LogP contribution < -0.4 is 4.74 Å². The summed E-state index contributed by atoms with van der Waals surface area (Å²) in [5, 5.41) is 0.161. The summed E-state index contributed by atoms with van der Waals surface area (Å²) in [6.07, 6.45) is -6.70. The Hall–Kier alpha value is -4.20. The maximum Gasteiger partial charge on any atom is 0.303 e. The number of rotatable bonds is 9. The van der Waals surface area contributed by atoms with E-state index in [4.69, 9.17) is 44.8 Å². The highest BCUT2D eigenvalue weighted by molar-refractivity contribution is 6.32. The fourth-order valence-corrected chi connectivity index (χ4v) is 5.16. The third-order valence-corrected chi connectivity index (χ3v) is 7.18. The Morgan fingerprint density at radius 2 is 1.36 bits per heavy atom. The van der Waals surface area contributed by atoms with Gasteiger partial charge in [-0.05, 0) is 35.4 Å². The molecule has 4 rings (SSSR count). The Kier molecular flexibility index (Phi) is 11.4. The van der Waals surface area contributed by atoms with Crippen molar-refractivity contribution in [2.45, 2.75) is 58.4 Å². The first-order chi connectivity index (χ1) is 21.4. The largest absolute Gasteiger partial charge is 0.463 e. The quantitative estimate of drug-likeness (QED) is 0.290. The van der Waals surface area contributed by atoms with E-state index >= 15 is 0 Å². The summed E-state index contributed by atoms with van der Waals surface area (Å²) in [5.74, 6) is -2.85. The van der Waals surface area contributed by atoms with E-state index in [1.54, 1.807) is 47.4 Å². The number of hydrogen-bond acceptors (Lipinski definition) is 12. The summed E-state index contributed by atoms with van der Waals surface area (Å²) < 4.78 is 38.7. The molecule has 0 aromatic heterocycles. The minimum absolute atomic E-state index is 0.0727. The second-order valence-electron chi connectivity index (χ2n) is 10.3. The molecule has 2 fully saturated rings. The molecule has 0 N–H and O–H groups in total. The Labute approximate surface area is 264 Å². The van der Waals surface area contributed by atoms with E-state index in [2.05, 4.69) is 0 Å². The zero-order valence-corrected chi connectivity index (χ0v) is 25.9. The van der Waals surface area contributed by atoms with E-state index in [1.807, 2.05) is 0 Å². The highest BCUT2D eigenvalue weighted by atomic mass is 35.5. The molecule has 13 nitrogen and oxygen atoms in total. The number of carbonyl (C=O) groups excluding carboxylic acids is 5. The van der Waals surface area contributed by atoms with Crippen LogP contribution in [0.25, 0.3) is 11.1 Å². The number of amides is 1. The van der Waals surface area contributed by atoms with Gasteiger partial charge in [0.1, 0.15) is 18.5 Å². The van der Waals surface area contributed by atoms with Crippen molar-refractivity contribution in [2.75, 3.05) is 32.9 Å². The van der Waals surface area contributed by atoms with Gasteiger partial charge in [0.25, 0.3) is 5.91 Å². The molecule has 2 aromatic carbocycles. The van der Waals surface area contributed by atoms with Crippen molar-refractivity contribution in [2.24, 2.45) is 0 Å². The van der Waals surface area contributed by atoms with Crippen LogP contribution in [0, 0.1) is 0 Å². The molecule has 45 heavy (non-hydrogen) atoms. The minimum Gasteiger partial charge on any atom is -0.463 e. The number of halogens is 1. The normalized spacial score (nSPS) is 23.0. The monoisotopic (exact) mass is 647 g/mol. The first-order valence-electron chi connectivity index (χ1n) is 14.2. The van der Waals surface area contributed by atoms with Gasteiger partial charge < -0.3 is 38.1 Å². The minimum atomic E-state index is -1.43. The van der Waals surface area contributed by atoms with E-state index in [-0.39, 0.29) is 16.7 Å². The molecule has 2 saturated heterocycles. The molecule has 2 aromatic rings. The average Bonchev–Trinajstić information content (AvgIpc) is 2.99. The summed E-state index contributed by atoms with van der Waals surface area (Å²) in [7, 11) is 0. The molecule has 1 amide bonds. The molecule has 0 saturated carbocycles. The van der Waals surface area contributed by atoms with Gasteiger partial charge in [0, 0.05) is 46.3 Å². The van der Waals surface area contributed by atoms with Gasteiger partial charge in [-0.15, -0.1) is 0 Å². The molecule has 0 bridgehead atoms. The van der Waals surface area contributed by atoms with Crippen molar-refractivity contribution in [1.29, 1.82) is 0 Å². The van der Waals surface area contributed by atoms with Crippen LogP contribution in [-0.2, 0) is 47.6 Å². The van der Waals surface area contributed by atoms with Gasteiger partial charge in [0.15, 0.2) is 12.2 Å². The lowest BCUT2D eigenvalue weighted by molar-refractivity contribution is -0.288. The SMILES string of the molecule is CC(=O)OCC1O[C@H](Oc2ccc(-c3ccc(C(=O)N4CCOCC4)cc3)cc2Cl)[C@H](OC(C)=O)C(OC(C)=O)[C@@H]1OC(C)=O. The number of nitrogens with zero attached hydrogens (tertiary/aromatic N) is 1. The molecule has 0 aliphatic carbocycles. The van der Waals surface area contributed by atoms with Gasteiger partial charge >= 0.3 is 23.9 Å². The number of morpholine rings is 1. The van der Waals surface area contributed by atoms with Crippen molar-refractivity contribution in [1.82, 2.24) is 4.90 Å². The summed E-state index contributed by atoms with van der Waals surface area (Å²) in [6.45, 7) is 6.27. The number of carbonyl (C=O) groups is 5. The van der Waals surface area contributed by atoms with E-state index in [0.29, 0.717) is 31.9 Å². The fraction of sp³-hybridized carbons (Fsp3) is 0.452. The Morgan fingerprint density at radius 3 is 1.93 bits per heavy atom. The van der Waals surface area contributed by atoms with E-state index in [0.717, 1.165) is 31.9 Å². The van der Waals surface area contributed by atoms with Crippen molar-refractivity contribution in [3.63, 3.8) is 0 Å². The molecular formula is C31H34ClNO12. The standard InChI is InChI=1S/C31H34ClNO12/c1-17(34)40-16-26-27(41-18(2)35)28(42-19(3)36)29(43-20(4)37)31(45-26)44-25-10-9-23(15-24(25)32)21-5-7-22(8-6-21)30(38)33-11-13-39-14-12-33/h5-10,15,26-29,31H,11-14,16H2,1-4H3/t26?,27-,28?,29-,31+/m1/s1. The van der Waals surface area contributed by atoms with Crippen LogP contribution in [0.2, 0.25) is 5.02 Å². The van der Waals surface area contributed by atoms with Crippen LogP contribution >= 0.6 is 11.6 Å². The maximum absolute atomic E-state index is 12.8. The molecule has 2 aliphatic heterocycles. The van der Waals surface area contributed by atoms with Crippen LogP contribution in [0.15, 0.2) is 42.5 Å². The second-order valence-corrected chi connectivity index (χ2v) is 10.7. The van der Waals surface area contributed by atoms with Crippen LogP contribution in [0.4, 0.5) is 0 Å². The summed E-state index contributed by atoms with van der Waals surface area (Å²) in [5.41, 5.74) is 2.06. The Bertz CT molecular complexity index is 1410. The fourth-order valence-electron chi connectivity index (χ4n) is 4.94. The van der Waals surface area contributed by atoms with Crippen molar-refractivity contribution < 1.29 is 57.1 Å². The molecule has 2 heterocycles. The molecule has 14 heteroatoms. The maximum atomic E-state index is 12.8. The van der Waals surface area contributed by atoms with Gasteiger partial charge in [-0.3, -0.25) is 24.0 Å². The predicted molar refractivity (Wildman–Crippen MR) is 156 cm³/mol. The number of benzene rings is 2. The van der Waals surface area contributed by atoms with Crippen molar-refractivity contribution >= 4 is 41.4 Å². The lowest BCUT2D eigenvalue weighted by Crippen LogP contribution is -2.63. The molecule has 5 atom stereocenters. The van der Waals surface area contributed by atoms with Crippen LogP contribution in [0.3, 0.4) is 0 Å². The van der Waals surface area contributed by atoms with E-state index < -0.39 is 61.2 Å². The third-order valence-electron chi connectivity index (χ3n) is 6.89. The number of esters is 4. The highest BCUT2D eigenvalue weighted by Crippen LogP contribution is 2.35. The lowest BCUT2D eigenvalue weighted by atomic mass is 9.98. The Morgan fingerprint density at radius 1 is 0.778 bits per heavy atom. The average molecular weight is 648 g/mol. The van der Waals surface area contributed by atoms with Gasteiger partial charge in [-0.25, -0.2) is 0 Å². The third kappa shape index (κ3) is 8.93. The lowest BCUT2D eigenvalue weighted by Gasteiger charge is -2.44. The number of ether oxygens (including phenoxy) is 7. The van der Waals surface area contributed by atoms with Crippen LogP contribution in [0.5, 0.6) is 5.75 Å². The highest BCUT2D eigenvalue weighted by Gasteiger charge is 2.53. The first-order valence-corrected chi connectivity index (χ1v) is 14.5. The smallest absolute Gasteiger partial charge is 0.303 e. The van der Waals surface area contributed by atoms with Crippen LogP contribution in [0.1, 0.15) is 38.1 Å². The van der Waals surface area contributed by atoms with Crippen molar-refractivity contribution in [3.8, 4) is 16.9 Å². The molecule has 242 valence electrons. The molecular weight excluding hydrogens is 614 g/mol. The first kappa shape index (κ1) is 33.7. The second kappa shape index (κ2) is 15.2.